The molecular formula is C18H25N3OS. The number of pyridine rings is 1. The van der Waals surface area contributed by atoms with E-state index in [4.69, 9.17) is 0 Å². The van der Waals surface area contributed by atoms with Gasteiger partial charge in [0.1, 0.15) is 5.82 Å². The van der Waals surface area contributed by atoms with Crippen LogP contribution in [0, 0.1) is 6.92 Å². The highest BCUT2D eigenvalue weighted by Gasteiger charge is 2.11. The summed E-state index contributed by atoms with van der Waals surface area (Å²) in [6.07, 6.45) is 2.81. The molecule has 2 rings (SSSR count). The van der Waals surface area contributed by atoms with Gasteiger partial charge < -0.3 is 10.2 Å². The molecule has 4 nitrogen and oxygen atoms in total. The average molecular weight is 331 g/mol. The Labute approximate surface area is 142 Å². The standard InChI is InChI=1S/C18H25N3OS/c1-5-15-13(4)10-16(23-15)18(22)20-12-14-8-9-17(19-11-14)21(6-2)7-3/h8-11H,5-7,12H2,1-4H3,(H,20,22). The minimum absolute atomic E-state index is 0.00869. The molecule has 0 aliphatic rings. The first-order chi connectivity index (χ1) is 11.1. The van der Waals surface area contributed by atoms with Gasteiger partial charge in [0.15, 0.2) is 0 Å². The number of carbonyl (C=O) groups excluding carboxylic acids is 1. The van der Waals surface area contributed by atoms with Gasteiger partial charge in [0.05, 0.1) is 4.88 Å². The van der Waals surface area contributed by atoms with Crippen molar-refractivity contribution in [1.82, 2.24) is 10.3 Å². The van der Waals surface area contributed by atoms with Crippen molar-refractivity contribution in [3.63, 3.8) is 0 Å². The van der Waals surface area contributed by atoms with Gasteiger partial charge in [-0.2, -0.15) is 0 Å². The summed E-state index contributed by atoms with van der Waals surface area (Å²) in [5.74, 6) is 0.970. The summed E-state index contributed by atoms with van der Waals surface area (Å²) < 4.78 is 0. The largest absolute Gasteiger partial charge is 0.357 e. The number of carbonyl (C=O) groups is 1. The molecule has 0 spiro atoms. The third-order valence-electron chi connectivity index (χ3n) is 3.92. The number of aryl methyl sites for hydroxylation is 2. The zero-order chi connectivity index (χ0) is 16.8. The lowest BCUT2D eigenvalue weighted by Crippen LogP contribution is -2.24. The molecule has 0 unspecified atom stereocenters. The molecule has 2 aromatic rings. The SMILES string of the molecule is CCc1sc(C(=O)NCc2ccc(N(CC)CC)nc2)cc1C. The van der Waals surface area contributed by atoms with E-state index in [0.717, 1.165) is 35.8 Å². The number of hydrogen-bond donors (Lipinski definition) is 1. The maximum absolute atomic E-state index is 12.2. The van der Waals surface area contributed by atoms with E-state index in [1.807, 2.05) is 24.4 Å². The highest BCUT2D eigenvalue weighted by molar-refractivity contribution is 7.14. The first-order valence-electron chi connectivity index (χ1n) is 8.16. The van der Waals surface area contributed by atoms with Crippen LogP contribution in [-0.4, -0.2) is 24.0 Å². The minimum atomic E-state index is -0.00869. The third-order valence-corrected chi connectivity index (χ3v) is 5.30. The molecule has 124 valence electrons. The van der Waals surface area contributed by atoms with Gasteiger partial charge in [-0.15, -0.1) is 11.3 Å². The molecule has 1 N–H and O–H groups in total. The number of nitrogens with one attached hydrogen (secondary N) is 1. The average Bonchev–Trinajstić information content (AvgIpc) is 2.96. The molecule has 0 aromatic carbocycles. The number of amides is 1. The molecule has 2 aromatic heterocycles. The van der Waals surface area contributed by atoms with Crippen LogP contribution in [0.1, 0.15) is 46.4 Å². The Balaban J connectivity index is 1.96. The fraction of sp³-hybridized carbons (Fsp3) is 0.444. The van der Waals surface area contributed by atoms with E-state index >= 15 is 0 Å². The number of aromatic nitrogens is 1. The number of thiophene rings is 1. The number of nitrogens with zero attached hydrogens (tertiary/aromatic N) is 2. The van der Waals surface area contributed by atoms with Crippen molar-refractivity contribution < 1.29 is 4.79 Å². The predicted octanol–water partition coefficient (Wildman–Crippen LogP) is 3.79. The summed E-state index contributed by atoms with van der Waals surface area (Å²) in [5.41, 5.74) is 2.21. The Morgan fingerprint density at radius 3 is 2.52 bits per heavy atom. The molecule has 0 saturated heterocycles. The first-order valence-corrected chi connectivity index (χ1v) is 8.98. The lowest BCUT2D eigenvalue weighted by atomic mass is 10.2. The van der Waals surface area contributed by atoms with Crippen LogP contribution < -0.4 is 10.2 Å². The van der Waals surface area contributed by atoms with E-state index in [-0.39, 0.29) is 5.91 Å². The van der Waals surface area contributed by atoms with Crippen LogP contribution in [0.2, 0.25) is 0 Å². The van der Waals surface area contributed by atoms with E-state index in [1.54, 1.807) is 11.3 Å². The van der Waals surface area contributed by atoms with E-state index in [0.29, 0.717) is 6.54 Å². The van der Waals surface area contributed by atoms with Crippen LogP contribution in [0.3, 0.4) is 0 Å². The van der Waals surface area contributed by atoms with Crippen LogP contribution >= 0.6 is 11.3 Å². The topological polar surface area (TPSA) is 45.2 Å². The monoisotopic (exact) mass is 331 g/mol. The van der Waals surface area contributed by atoms with Crippen molar-refractivity contribution in [1.29, 1.82) is 0 Å². The summed E-state index contributed by atoms with van der Waals surface area (Å²) >= 11 is 1.58. The third kappa shape index (κ3) is 4.32. The molecule has 0 aliphatic carbocycles. The molecule has 2 heterocycles. The summed E-state index contributed by atoms with van der Waals surface area (Å²) in [5, 5.41) is 2.97. The Hall–Kier alpha value is -1.88. The number of hydrogen-bond acceptors (Lipinski definition) is 4. The van der Waals surface area contributed by atoms with Crippen molar-refractivity contribution in [3.05, 3.63) is 45.3 Å². The van der Waals surface area contributed by atoms with Crippen LogP contribution in [0.4, 0.5) is 5.82 Å². The maximum atomic E-state index is 12.2. The fourth-order valence-corrected chi connectivity index (χ4v) is 3.54. The van der Waals surface area contributed by atoms with Crippen molar-refractivity contribution in [2.75, 3.05) is 18.0 Å². The van der Waals surface area contributed by atoms with Crippen LogP contribution in [-0.2, 0) is 13.0 Å². The minimum Gasteiger partial charge on any atom is -0.357 e. The van der Waals surface area contributed by atoms with Gasteiger partial charge in [-0.25, -0.2) is 4.98 Å². The smallest absolute Gasteiger partial charge is 0.261 e. The number of rotatable bonds is 7. The molecule has 0 bridgehead atoms. The summed E-state index contributed by atoms with van der Waals surface area (Å²) in [6, 6.07) is 6.01. The van der Waals surface area contributed by atoms with Crippen molar-refractivity contribution >= 4 is 23.1 Å². The Morgan fingerprint density at radius 1 is 1.26 bits per heavy atom. The van der Waals surface area contributed by atoms with E-state index in [2.05, 4.69) is 42.9 Å². The van der Waals surface area contributed by atoms with Crippen molar-refractivity contribution in [2.24, 2.45) is 0 Å². The Morgan fingerprint density at radius 2 is 2.00 bits per heavy atom. The molecule has 0 fully saturated rings. The maximum Gasteiger partial charge on any atom is 0.261 e. The molecule has 0 saturated carbocycles. The zero-order valence-corrected chi connectivity index (χ0v) is 15.2. The van der Waals surface area contributed by atoms with Crippen LogP contribution in [0.15, 0.2) is 24.4 Å². The summed E-state index contributed by atoms with van der Waals surface area (Å²) in [6.45, 7) is 10.8. The van der Waals surface area contributed by atoms with Gasteiger partial charge in [0.2, 0.25) is 0 Å². The first kappa shape index (κ1) is 17.5. The summed E-state index contributed by atoms with van der Waals surface area (Å²) in [4.78, 5) is 21.0. The van der Waals surface area contributed by atoms with E-state index in [1.165, 1.54) is 10.4 Å². The van der Waals surface area contributed by atoms with Gasteiger partial charge in [-0.3, -0.25) is 4.79 Å². The van der Waals surface area contributed by atoms with Crippen LogP contribution in [0.25, 0.3) is 0 Å². The fourth-order valence-electron chi connectivity index (χ4n) is 2.51. The second kappa shape index (κ2) is 8.11. The van der Waals surface area contributed by atoms with Gasteiger partial charge in [0.25, 0.3) is 5.91 Å². The molecule has 5 heteroatoms. The van der Waals surface area contributed by atoms with Gasteiger partial charge in [-0.05, 0) is 50.5 Å². The quantitative estimate of drug-likeness (QED) is 0.839. The normalized spacial score (nSPS) is 10.6. The molecule has 23 heavy (non-hydrogen) atoms. The molecule has 0 radical (unpaired) electrons. The molecular weight excluding hydrogens is 306 g/mol. The van der Waals surface area contributed by atoms with Gasteiger partial charge in [-0.1, -0.05) is 13.0 Å². The Kier molecular flexibility index (Phi) is 6.16. The van der Waals surface area contributed by atoms with Crippen molar-refractivity contribution in [3.8, 4) is 0 Å². The van der Waals surface area contributed by atoms with Crippen molar-refractivity contribution in [2.45, 2.75) is 40.7 Å². The highest BCUT2D eigenvalue weighted by atomic mass is 32.1. The lowest BCUT2D eigenvalue weighted by Gasteiger charge is -2.19. The molecule has 0 atom stereocenters. The zero-order valence-electron chi connectivity index (χ0n) is 14.3. The van der Waals surface area contributed by atoms with Gasteiger partial charge >= 0.3 is 0 Å². The molecule has 1 amide bonds. The summed E-state index contributed by atoms with van der Waals surface area (Å²) in [7, 11) is 0. The van der Waals surface area contributed by atoms with E-state index < -0.39 is 0 Å². The second-order valence-corrected chi connectivity index (χ2v) is 6.59. The second-order valence-electron chi connectivity index (χ2n) is 5.45. The molecule has 0 aliphatic heterocycles. The van der Waals surface area contributed by atoms with Crippen LogP contribution in [0.5, 0.6) is 0 Å². The number of anilines is 1. The Bertz CT molecular complexity index is 645. The van der Waals surface area contributed by atoms with E-state index in [9.17, 15) is 4.79 Å². The predicted molar refractivity (Wildman–Crippen MR) is 97.4 cm³/mol. The van der Waals surface area contributed by atoms with Gasteiger partial charge in [0, 0.05) is 30.7 Å². The highest BCUT2D eigenvalue weighted by Crippen LogP contribution is 2.22. The lowest BCUT2D eigenvalue weighted by molar-refractivity contribution is 0.0955.